The first kappa shape index (κ1) is 27.5. The summed E-state index contributed by atoms with van der Waals surface area (Å²) in [4.78, 5) is 39.0. The average Bonchev–Trinajstić information content (AvgIpc) is 2.85. The first-order valence-electron chi connectivity index (χ1n) is 10.8. The first-order valence-corrected chi connectivity index (χ1v) is 13.4. The van der Waals surface area contributed by atoms with Gasteiger partial charge in [0, 0.05) is 15.6 Å². The molecule has 0 atom stereocenters. The van der Waals surface area contributed by atoms with Crippen LogP contribution < -0.4 is 19.1 Å². The van der Waals surface area contributed by atoms with Gasteiger partial charge < -0.3 is 8.92 Å². The van der Waals surface area contributed by atoms with Crippen LogP contribution in [0.15, 0.2) is 71.1 Å². The van der Waals surface area contributed by atoms with E-state index in [2.05, 4.69) is 5.32 Å². The molecule has 1 aliphatic rings. The number of barbiturate groups is 1. The number of hydrogen-bond donors (Lipinski definition) is 1. The molecule has 1 fully saturated rings. The van der Waals surface area contributed by atoms with Crippen molar-refractivity contribution in [2.24, 2.45) is 0 Å². The van der Waals surface area contributed by atoms with E-state index in [0.717, 1.165) is 11.0 Å². The summed E-state index contributed by atoms with van der Waals surface area (Å²) in [6, 6.07) is 12.8. The predicted octanol–water partition coefficient (Wildman–Crippen LogP) is 5.48. The van der Waals surface area contributed by atoms with Gasteiger partial charge in [-0.05, 0) is 73.7 Å². The largest absolute Gasteiger partial charge is 0.494 e. The minimum Gasteiger partial charge on any atom is -0.494 e. The topological polar surface area (TPSA) is 119 Å². The minimum atomic E-state index is -4.40. The van der Waals surface area contributed by atoms with Crippen LogP contribution in [0.25, 0.3) is 6.08 Å². The molecule has 0 aromatic heterocycles. The molecule has 1 saturated heterocycles. The molecule has 196 valence electrons. The van der Waals surface area contributed by atoms with E-state index < -0.39 is 33.5 Å². The molecule has 0 unspecified atom stereocenters. The van der Waals surface area contributed by atoms with Crippen LogP contribution in [-0.2, 0) is 19.7 Å². The van der Waals surface area contributed by atoms with Gasteiger partial charge in [-0.15, -0.1) is 0 Å². The van der Waals surface area contributed by atoms with Crippen molar-refractivity contribution < 1.29 is 31.7 Å². The van der Waals surface area contributed by atoms with Gasteiger partial charge in [-0.2, -0.15) is 8.42 Å². The number of ether oxygens (including phenoxy) is 1. The van der Waals surface area contributed by atoms with Crippen molar-refractivity contribution in [3.63, 3.8) is 0 Å². The molecular formula is C25H17Cl3N2O7S. The van der Waals surface area contributed by atoms with Crippen LogP contribution >= 0.6 is 34.8 Å². The van der Waals surface area contributed by atoms with Crippen molar-refractivity contribution in [3.05, 3.63) is 86.9 Å². The maximum absolute atomic E-state index is 13.3. The fourth-order valence-corrected chi connectivity index (χ4v) is 5.13. The fourth-order valence-electron chi connectivity index (χ4n) is 3.44. The Morgan fingerprint density at radius 3 is 2.21 bits per heavy atom. The van der Waals surface area contributed by atoms with E-state index in [9.17, 15) is 22.8 Å². The fraction of sp³-hybridized carbons (Fsp3) is 0.0800. The van der Waals surface area contributed by atoms with Crippen LogP contribution in [0.4, 0.5) is 10.5 Å². The highest BCUT2D eigenvalue weighted by atomic mass is 35.5. The number of nitrogens with one attached hydrogen (secondary N) is 1. The number of imide groups is 2. The third-order valence-electron chi connectivity index (χ3n) is 5.14. The minimum absolute atomic E-state index is 0.0706. The summed E-state index contributed by atoms with van der Waals surface area (Å²) in [7, 11) is -4.40. The van der Waals surface area contributed by atoms with Gasteiger partial charge in [-0.25, -0.2) is 9.69 Å². The maximum atomic E-state index is 13.3. The number of halogens is 3. The zero-order valence-corrected chi connectivity index (χ0v) is 22.5. The van der Waals surface area contributed by atoms with Crippen LogP contribution in [-0.4, -0.2) is 32.9 Å². The summed E-state index contributed by atoms with van der Waals surface area (Å²) in [6.07, 6.45) is 1.04. The van der Waals surface area contributed by atoms with Crippen molar-refractivity contribution in [2.75, 3.05) is 11.5 Å². The van der Waals surface area contributed by atoms with Gasteiger partial charge in [0.25, 0.3) is 11.8 Å². The number of hydrogen-bond acceptors (Lipinski definition) is 7. The van der Waals surface area contributed by atoms with Gasteiger partial charge >= 0.3 is 16.1 Å². The normalized spacial score (nSPS) is 15.0. The van der Waals surface area contributed by atoms with Crippen molar-refractivity contribution in [3.8, 4) is 11.5 Å². The van der Waals surface area contributed by atoms with Gasteiger partial charge in [0.2, 0.25) is 0 Å². The summed E-state index contributed by atoms with van der Waals surface area (Å²) in [5, 5.41) is 2.27. The second kappa shape index (κ2) is 11.0. The van der Waals surface area contributed by atoms with Crippen molar-refractivity contribution >= 4 is 74.5 Å². The molecule has 0 saturated carbocycles. The first-order chi connectivity index (χ1) is 18.0. The third kappa shape index (κ3) is 5.78. The van der Waals surface area contributed by atoms with E-state index >= 15 is 0 Å². The Hall–Kier alpha value is -3.57. The van der Waals surface area contributed by atoms with Crippen LogP contribution in [0, 0.1) is 0 Å². The number of nitrogens with zero attached hydrogens (tertiary/aromatic N) is 1. The average molecular weight is 596 g/mol. The summed E-state index contributed by atoms with van der Waals surface area (Å²) in [5.74, 6) is -1.84. The summed E-state index contributed by atoms with van der Waals surface area (Å²) < 4.78 is 36.4. The van der Waals surface area contributed by atoms with Gasteiger partial charge in [-0.3, -0.25) is 14.9 Å². The molecule has 9 nitrogen and oxygen atoms in total. The molecule has 3 aromatic rings. The SMILES string of the molecule is CCOc1ccc(N2C(=O)NC(=O)/C(=C\c3cc(Cl)cc(Cl)c3OS(=O)(=O)c3ccc(Cl)cc3)C2=O)cc1. The number of anilines is 1. The van der Waals surface area contributed by atoms with Crippen molar-refractivity contribution in [1.29, 1.82) is 0 Å². The number of carbonyl (C=O) groups excluding carboxylic acids is 3. The molecule has 3 aromatic carbocycles. The van der Waals surface area contributed by atoms with Crippen LogP contribution in [0.1, 0.15) is 12.5 Å². The molecule has 38 heavy (non-hydrogen) atoms. The van der Waals surface area contributed by atoms with E-state index in [-0.39, 0.29) is 31.9 Å². The van der Waals surface area contributed by atoms with Crippen LogP contribution in [0.2, 0.25) is 15.1 Å². The smallest absolute Gasteiger partial charge is 0.339 e. The van der Waals surface area contributed by atoms with Crippen molar-refractivity contribution in [2.45, 2.75) is 11.8 Å². The molecular weight excluding hydrogens is 579 g/mol. The van der Waals surface area contributed by atoms with Gasteiger partial charge in [0.05, 0.1) is 17.3 Å². The lowest BCUT2D eigenvalue weighted by Gasteiger charge is -2.26. The van der Waals surface area contributed by atoms with Crippen molar-refractivity contribution in [1.82, 2.24) is 5.32 Å². The zero-order valence-electron chi connectivity index (χ0n) is 19.4. The molecule has 0 aliphatic carbocycles. The Labute approximate surface area is 232 Å². The highest BCUT2D eigenvalue weighted by molar-refractivity contribution is 7.87. The van der Waals surface area contributed by atoms with Gasteiger partial charge in [0.15, 0.2) is 5.75 Å². The third-order valence-corrected chi connectivity index (χ3v) is 7.13. The Balaban J connectivity index is 1.75. The van der Waals surface area contributed by atoms with E-state index in [1.807, 2.05) is 0 Å². The number of rotatable bonds is 7. The van der Waals surface area contributed by atoms with Gasteiger partial charge in [-0.1, -0.05) is 34.8 Å². The monoisotopic (exact) mass is 594 g/mol. The molecule has 0 radical (unpaired) electrons. The second-order valence-corrected chi connectivity index (χ2v) is 10.5. The van der Waals surface area contributed by atoms with E-state index in [1.165, 1.54) is 48.5 Å². The summed E-state index contributed by atoms with van der Waals surface area (Å²) in [5.41, 5.74) is -0.426. The Kier molecular flexibility index (Phi) is 7.98. The molecule has 0 spiro atoms. The molecule has 0 bridgehead atoms. The lowest BCUT2D eigenvalue weighted by Crippen LogP contribution is -2.54. The molecule has 4 rings (SSSR count). The second-order valence-electron chi connectivity index (χ2n) is 7.68. The number of benzene rings is 3. The van der Waals surface area contributed by atoms with Crippen LogP contribution in [0.5, 0.6) is 11.5 Å². The van der Waals surface area contributed by atoms with Gasteiger partial charge in [0.1, 0.15) is 16.2 Å². The Bertz CT molecular complexity index is 1570. The Morgan fingerprint density at radius 1 is 0.921 bits per heavy atom. The number of carbonyl (C=O) groups is 3. The van der Waals surface area contributed by atoms with E-state index in [1.54, 1.807) is 19.1 Å². The molecule has 1 aliphatic heterocycles. The lowest BCUT2D eigenvalue weighted by atomic mass is 10.1. The molecule has 1 N–H and O–H groups in total. The number of urea groups is 1. The summed E-state index contributed by atoms with van der Waals surface area (Å²) in [6.45, 7) is 2.23. The molecule has 13 heteroatoms. The van der Waals surface area contributed by atoms with E-state index in [4.69, 9.17) is 43.7 Å². The highest BCUT2D eigenvalue weighted by Crippen LogP contribution is 2.36. The predicted molar refractivity (Wildman–Crippen MR) is 142 cm³/mol. The summed E-state index contributed by atoms with van der Waals surface area (Å²) >= 11 is 18.2. The number of amides is 4. The van der Waals surface area contributed by atoms with E-state index in [0.29, 0.717) is 17.4 Å². The quantitative estimate of drug-likeness (QED) is 0.218. The standard InChI is InChI=1S/C25H17Cl3N2O7S/c1-2-36-18-7-5-17(6-8-18)30-24(32)20(23(31)29-25(30)33)12-14-11-16(27)13-21(28)22(14)37-38(34,35)19-9-3-15(26)4-10-19/h3-13H,2H2,1H3,(H,29,31,33)/b20-12+. The molecule has 1 heterocycles. The van der Waals surface area contributed by atoms with Crippen LogP contribution in [0.3, 0.4) is 0 Å². The zero-order chi connectivity index (χ0) is 27.6. The lowest BCUT2D eigenvalue weighted by molar-refractivity contribution is -0.122. The molecule has 4 amide bonds. The maximum Gasteiger partial charge on any atom is 0.339 e. The highest BCUT2D eigenvalue weighted by Gasteiger charge is 2.37. The Morgan fingerprint density at radius 2 is 1.58 bits per heavy atom.